The van der Waals surface area contributed by atoms with Crippen molar-refractivity contribution in [1.82, 2.24) is 19.5 Å². The molecule has 5 rings (SSSR count). The molecule has 0 unspecified atom stereocenters. The lowest BCUT2D eigenvalue weighted by atomic mass is 10.2. The van der Waals surface area contributed by atoms with Gasteiger partial charge in [-0.3, -0.25) is 0 Å². The summed E-state index contributed by atoms with van der Waals surface area (Å²) < 4.78 is 48.5. The maximum atomic E-state index is 14.5. The van der Waals surface area contributed by atoms with Gasteiger partial charge in [0.1, 0.15) is 24.6 Å². The van der Waals surface area contributed by atoms with Crippen LogP contribution in [-0.4, -0.2) is 44.4 Å². The lowest BCUT2D eigenvalue weighted by Crippen LogP contribution is -2.40. The highest BCUT2D eigenvalue weighted by atomic mass is 35.5. The van der Waals surface area contributed by atoms with Gasteiger partial charge in [0, 0.05) is 11.9 Å². The molecule has 12 heteroatoms. The third-order valence-electron chi connectivity index (χ3n) is 5.77. The standard InChI is InChI=1S/C21H18ClF3N6O2/c1-11(23)16-9-33-20(32)31(16)18-15(25)7-26-19(28-18)29-21(4-5-21)17-8-30(10-27-17)12-2-3-14(24)13(22)6-12/h2-3,6-8,10-11,16H,4-5,9H2,1H3,(H,26,28,29)/t11-,16+/m0/s1. The average molecular weight is 479 g/mol. The average Bonchev–Trinajstić information content (AvgIpc) is 3.19. The number of hydrogen-bond donors (Lipinski definition) is 1. The maximum absolute atomic E-state index is 14.5. The quantitative estimate of drug-likeness (QED) is 0.566. The maximum Gasteiger partial charge on any atom is 0.416 e. The molecule has 1 saturated carbocycles. The Kier molecular flexibility index (Phi) is 5.15. The number of cyclic esters (lactones) is 1. The first-order valence-electron chi connectivity index (χ1n) is 10.2. The van der Waals surface area contributed by atoms with Crippen LogP contribution >= 0.6 is 11.6 Å². The van der Waals surface area contributed by atoms with E-state index in [4.69, 9.17) is 16.3 Å². The van der Waals surface area contributed by atoms with Crippen LogP contribution in [0.2, 0.25) is 5.02 Å². The Bertz CT molecular complexity index is 1230. The van der Waals surface area contributed by atoms with Crippen LogP contribution in [0.15, 0.2) is 36.9 Å². The molecule has 0 bridgehead atoms. The lowest BCUT2D eigenvalue weighted by molar-refractivity contribution is 0.174. The van der Waals surface area contributed by atoms with Gasteiger partial charge in [0.05, 0.1) is 28.8 Å². The molecule has 0 spiro atoms. The SMILES string of the molecule is C[C@H](F)[C@H]1COC(=O)N1c1nc(NC2(c3cn(-c4ccc(F)c(Cl)c4)cn3)CC2)ncc1F. The highest BCUT2D eigenvalue weighted by Crippen LogP contribution is 2.47. The molecular weight excluding hydrogens is 461 g/mol. The second-order valence-electron chi connectivity index (χ2n) is 8.03. The largest absolute Gasteiger partial charge is 0.447 e. The van der Waals surface area contributed by atoms with Crippen molar-refractivity contribution in [2.75, 3.05) is 16.8 Å². The minimum atomic E-state index is -1.44. The van der Waals surface area contributed by atoms with E-state index in [1.807, 2.05) is 0 Å². The fourth-order valence-electron chi connectivity index (χ4n) is 3.75. The van der Waals surface area contributed by atoms with Crippen LogP contribution < -0.4 is 10.2 Å². The predicted octanol–water partition coefficient (Wildman–Crippen LogP) is 4.38. The highest BCUT2D eigenvalue weighted by molar-refractivity contribution is 6.30. The van der Waals surface area contributed by atoms with E-state index in [0.29, 0.717) is 24.2 Å². The Hall–Kier alpha value is -3.34. The van der Waals surface area contributed by atoms with Crippen molar-refractivity contribution < 1.29 is 22.7 Å². The van der Waals surface area contributed by atoms with Crippen LogP contribution in [0, 0.1) is 11.6 Å². The van der Waals surface area contributed by atoms with Crippen LogP contribution in [0.4, 0.5) is 29.7 Å². The molecule has 2 aliphatic rings. The van der Waals surface area contributed by atoms with Crippen molar-refractivity contribution in [2.24, 2.45) is 0 Å². The number of nitrogens with zero attached hydrogens (tertiary/aromatic N) is 5. The first-order chi connectivity index (χ1) is 15.8. The molecule has 33 heavy (non-hydrogen) atoms. The van der Waals surface area contributed by atoms with E-state index in [9.17, 15) is 18.0 Å². The first kappa shape index (κ1) is 21.5. The van der Waals surface area contributed by atoms with Gasteiger partial charge in [0.25, 0.3) is 0 Å². The van der Waals surface area contributed by atoms with Crippen LogP contribution in [0.5, 0.6) is 0 Å². The number of halogens is 4. The molecule has 1 aliphatic carbocycles. The normalized spacial score (nSPS) is 20.0. The summed E-state index contributed by atoms with van der Waals surface area (Å²) in [6, 6.07) is 3.35. The van der Waals surface area contributed by atoms with Gasteiger partial charge in [-0.1, -0.05) is 11.6 Å². The molecule has 2 fully saturated rings. The summed E-state index contributed by atoms with van der Waals surface area (Å²) in [7, 11) is 0. The van der Waals surface area contributed by atoms with Crippen LogP contribution in [-0.2, 0) is 10.3 Å². The van der Waals surface area contributed by atoms with E-state index < -0.39 is 35.5 Å². The summed E-state index contributed by atoms with van der Waals surface area (Å²) in [5.41, 5.74) is 0.714. The Morgan fingerprint density at radius 1 is 1.27 bits per heavy atom. The predicted molar refractivity (Wildman–Crippen MR) is 113 cm³/mol. The fourth-order valence-corrected chi connectivity index (χ4v) is 3.92. The summed E-state index contributed by atoms with van der Waals surface area (Å²) in [6.45, 7) is 1.07. The van der Waals surface area contributed by atoms with Crippen LogP contribution in [0.3, 0.4) is 0 Å². The summed E-state index contributed by atoms with van der Waals surface area (Å²) in [6.07, 6.45) is 3.37. The summed E-state index contributed by atoms with van der Waals surface area (Å²) in [4.78, 5) is 25.5. The summed E-state index contributed by atoms with van der Waals surface area (Å²) in [5, 5.41) is 3.15. The fraction of sp³-hybridized carbons (Fsp3) is 0.333. The van der Waals surface area contributed by atoms with Crippen molar-refractivity contribution >= 4 is 29.5 Å². The number of imidazole rings is 1. The zero-order valence-corrected chi connectivity index (χ0v) is 18.1. The molecule has 2 atom stereocenters. The summed E-state index contributed by atoms with van der Waals surface area (Å²) >= 11 is 5.87. The number of rotatable bonds is 6. The summed E-state index contributed by atoms with van der Waals surface area (Å²) in [5.74, 6) is -1.68. The number of aromatic nitrogens is 4. The molecule has 3 heterocycles. The highest BCUT2D eigenvalue weighted by Gasteiger charge is 2.47. The molecule has 3 aromatic rings. The number of nitrogens with one attached hydrogen (secondary N) is 1. The van der Waals surface area contributed by atoms with E-state index in [1.165, 1.54) is 19.1 Å². The molecule has 1 saturated heterocycles. The van der Waals surface area contributed by atoms with Crippen molar-refractivity contribution in [2.45, 2.75) is 37.5 Å². The third kappa shape index (κ3) is 3.86. The molecule has 8 nitrogen and oxygen atoms in total. The van der Waals surface area contributed by atoms with E-state index in [2.05, 4.69) is 20.3 Å². The number of amides is 1. The second kappa shape index (κ2) is 7.91. The van der Waals surface area contributed by atoms with Crippen molar-refractivity contribution in [3.8, 4) is 5.69 Å². The topological polar surface area (TPSA) is 85.2 Å². The Balaban J connectivity index is 1.41. The zero-order valence-electron chi connectivity index (χ0n) is 17.3. The number of benzene rings is 1. The van der Waals surface area contributed by atoms with Gasteiger partial charge in [-0.25, -0.2) is 32.8 Å². The molecule has 1 aromatic carbocycles. The number of carbonyl (C=O) groups is 1. The lowest BCUT2D eigenvalue weighted by Gasteiger charge is -2.22. The minimum Gasteiger partial charge on any atom is -0.447 e. The van der Waals surface area contributed by atoms with E-state index in [-0.39, 0.29) is 23.4 Å². The van der Waals surface area contributed by atoms with Gasteiger partial charge in [0.15, 0.2) is 11.6 Å². The van der Waals surface area contributed by atoms with Crippen LogP contribution in [0.1, 0.15) is 25.5 Å². The van der Waals surface area contributed by atoms with Gasteiger partial charge >= 0.3 is 6.09 Å². The number of hydrogen-bond acceptors (Lipinski definition) is 6. The number of anilines is 2. The number of ether oxygens (including phenoxy) is 1. The van der Waals surface area contributed by atoms with Gasteiger partial charge < -0.3 is 14.6 Å². The van der Waals surface area contributed by atoms with Crippen molar-refractivity contribution in [1.29, 1.82) is 0 Å². The molecule has 0 radical (unpaired) electrons. The molecule has 1 N–H and O–H groups in total. The zero-order chi connectivity index (χ0) is 23.3. The second-order valence-corrected chi connectivity index (χ2v) is 8.44. The minimum absolute atomic E-state index is 0.00408. The van der Waals surface area contributed by atoms with E-state index in [1.54, 1.807) is 23.2 Å². The third-order valence-corrected chi connectivity index (χ3v) is 6.05. The number of carbonyl (C=O) groups excluding carboxylic acids is 1. The van der Waals surface area contributed by atoms with Gasteiger partial charge in [0.2, 0.25) is 5.95 Å². The van der Waals surface area contributed by atoms with E-state index >= 15 is 0 Å². The molecule has 172 valence electrons. The van der Waals surface area contributed by atoms with E-state index in [0.717, 1.165) is 11.1 Å². The van der Waals surface area contributed by atoms with Crippen LogP contribution in [0.25, 0.3) is 5.69 Å². The molecule has 1 amide bonds. The van der Waals surface area contributed by atoms with Gasteiger partial charge in [-0.05, 0) is 38.0 Å². The Labute approximate surface area is 191 Å². The molecule has 1 aliphatic heterocycles. The first-order valence-corrected chi connectivity index (χ1v) is 10.6. The number of alkyl halides is 1. The Morgan fingerprint density at radius 3 is 2.76 bits per heavy atom. The smallest absolute Gasteiger partial charge is 0.416 e. The van der Waals surface area contributed by atoms with Gasteiger partial charge in [-0.15, -0.1) is 0 Å². The Morgan fingerprint density at radius 2 is 2.06 bits per heavy atom. The molecular formula is C21H18ClF3N6O2. The van der Waals surface area contributed by atoms with Crippen molar-refractivity contribution in [3.05, 3.63) is 59.3 Å². The monoisotopic (exact) mass is 478 g/mol. The molecule has 2 aromatic heterocycles. The van der Waals surface area contributed by atoms with Gasteiger partial charge in [-0.2, -0.15) is 4.98 Å². The van der Waals surface area contributed by atoms with Crippen molar-refractivity contribution in [3.63, 3.8) is 0 Å².